The molecule has 6 nitrogen and oxygen atoms in total. The third-order valence-corrected chi connectivity index (χ3v) is 4.88. The Morgan fingerprint density at radius 1 is 1.38 bits per heavy atom. The molecule has 2 fully saturated rings. The van der Waals surface area contributed by atoms with Gasteiger partial charge in [0.05, 0.1) is 5.71 Å². The number of hydrogen-bond acceptors (Lipinski definition) is 5. The summed E-state index contributed by atoms with van der Waals surface area (Å²) in [6.07, 6.45) is 4.69. The predicted molar refractivity (Wildman–Crippen MR) is 98.9 cm³/mol. The molecular formula is C19H30FN3O3. The van der Waals surface area contributed by atoms with Crippen molar-refractivity contribution in [1.29, 1.82) is 0 Å². The predicted octanol–water partition coefficient (Wildman–Crippen LogP) is 2.35. The van der Waals surface area contributed by atoms with E-state index in [0.717, 1.165) is 30.4 Å². The Kier molecular flexibility index (Phi) is 7.32. The van der Waals surface area contributed by atoms with Crippen LogP contribution in [0, 0.1) is 11.8 Å². The van der Waals surface area contributed by atoms with Gasteiger partial charge in [-0.1, -0.05) is 13.8 Å². The van der Waals surface area contributed by atoms with Gasteiger partial charge in [0.25, 0.3) is 0 Å². The minimum absolute atomic E-state index is 0.230. The number of carbonyl (C=O) groups excluding carboxylic acids is 1. The van der Waals surface area contributed by atoms with Crippen LogP contribution in [0.1, 0.15) is 39.5 Å². The van der Waals surface area contributed by atoms with Crippen molar-refractivity contribution >= 4 is 18.0 Å². The number of halogens is 1. The summed E-state index contributed by atoms with van der Waals surface area (Å²) in [4.78, 5) is 24.7. The molecule has 1 heterocycles. The molecule has 0 spiro atoms. The molecule has 0 aromatic carbocycles. The monoisotopic (exact) mass is 367 g/mol. The fourth-order valence-corrected chi connectivity index (χ4v) is 3.26. The van der Waals surface area contributed by atoms with Crippen molar-refractivity contribution < 1.29 is 19.1 Å². The average Bonchev–Trinajstić information content (AvgIpc) is 3.36. The molecule has 1 aliphatic carbocycles. The maximum absolute atomic E-state index is 13.0. The first-order chi connectivity index (χ1) is 12.3. The third kappa shape index (κ3) is 5.90. The molecule has 1 atom stereocenters. The van der Waals surface area contributed by atoms with Crippen LogP contribution in [-0.4, -0.2) is 71.9 Å². The summed E-state index contributed by atoms with van der Waals surface area (Å²) in [5.74, 6) is -0.348. The van der Waals surface area contributed by atoms with Crippen LogP contribution in [0.5, 0.6) is 0 Å². The van der Waals surface area contributed by atoms with Gasteiger partial charge in [-0.15, -0.1) is 0 Å². The summed E-state index contributed by atoms with van der Waals surface area (Å²) >= 11 is 0. The quantitative estimate of drug-likeness (QED) is 0.263. The van der Waals surface area contributed by atoms with E-state index in [1.165, 1.54) is 5.01 Å². The van der Waals surface area contributed by atoms with Crippen LogP contribution >= 0.6 is 0 Å². The highest BCUT2D eigenvalue weighted by molar-refractivity contribution is 6.03. The Morgan fingerprint density at radius 3 is 2.50 bits per heavy atom. The van der Waals surface area contributed by atoms with Gasteiger partial charge < -0.3 is 5.11 Å². The number of hydrazone groups is 1. The number of nitrogens with zero attached hydrogens (tertiary/aromatic N) is 3. The van der Waals surface area contributed by atoms with E-state index < -0.39 is 18.2 Å². The molecule has 146 valence electrons. The molecule has 2 aliphatic rings. The van der Waals surface area contributed by atoms with Crippen LogP contribution < -0.4 is 0 Å². The number of carboxylic acid groups (broad SMARTS) is 1. The van der Waals surface area contributed by atoms with Gasteiger partial charge in [0.1, 0.15) is 18.5 Å². The highest BCUT2D eigenvalue weighted by atomic mass is 19.1. The molecular weight excluding hydrogens is 337 g/mol. The van der Waals surface area contributed by atoms with Crippen molar-refractivity contribution in [2.75, 3.05) is 26.7 Å². The van der Waals surface area contributed by atoms with Gasteiger partial charge in [-0.25, -0.2) is 9.18 Å². The van der Waals surface area contributed by atoms with Crippen LogP contribution in [0.25, 0.3) is 0 Å². The SMILES string of the molecule is CC(C)CC(C(=O)O)N(C)/N=C(CCN1CC(F)C1)\C(=C/C=O)C1CC1. The van der Waals surface area contributed by atoms with Gasteiger partial charge >= 0.3 is 5.97 Å². The number of aliphatic carboxylic acids is 1. The number of rotatable bonds is 11. The number of likely N-dealkylation sites (N-methyl/N-ethyl adjacent to an activating group) is 1. The lowest BCUT2D eigenvalue weighted by atomic mass is 10.0. The van der Waals surface area contributed by atoms with Gasteiger partial charge in [-0.3, -0.25) is 14.7 Å². The molecule has 0 radical (unpaired) electrons. The van der Waals surface area contributed by atoms with E-state index in [0.29, 0.717) is 38.4 Å². The lowest BCUT2D eigenvalue weighted by Gasteiger charge is -2.34. The topological polar surface area (TPSA) is 73.2 Å². The highest BCUT2D eigenvalue weighted by Gasteiger charge is 2.32. The lowest BCUT2D eigenvalue weighted by Crippen LogP contribution is -2.49. The fraction of sp³-hybridized carbons (Fsp3) is 0.737. The fourth-order valence-electron chi connectivity index (χ4n) is 3.26. The molecule has 26 heavy (non-hydrogen) atoms. The molecule has 1 unspecified atom stereocenters. The van der Waals surface area contributed by atoms with Gasteiger partial charge in [-0.05, 0) is 42.7 Å². The number of aldehydes is 1. The summed E-state index contributed by atoms with van der Waals surface area (Å²) in [6.45, 7) is 5.49. The molecule has 2 rings (SSSR count). The largest absolute Gasteiger partial charge is 0.480 e. The molecule has 0 aromatic rings. The average molecular weight is 367 g/mol. The van der Waals surface area contributed by atoms with Crippen molar-refractivity contribution in [3.8, 4) is 0 Å². The highest BCUT2D eigenvalue weighted by Crippen LogP contribution is 2.37. The van der Waals surface area contributed by atoms with Gasteiger partial charge in [0.15, 0.2) is 0 Å². The molecule has 0 aromatic heterocycles. The standard InChI is InChI=1S/C19H30FN3O3/c1-13(2)10-18(19(25)26)22(3)21-17(6-8-23-11-15(20)12-23)16(7-9-24)14-4-5-14/h7,9,13-15,18H,4-6,8,10-12H2,1-3H3,(H,25,26)/b16-7-,21-17-. The van der Waals surface area contributed by atoms with Gasteiger partial charge in [0, 0.05) is 33.1 Å². The first kappa shape index (κ1) is 20.6. The molecule has 1 N–H and O–H groups in total. The maximum Gasteiger partial charge on any atom is 0.328 e. The van der Waals surface area contributed by atoms with E-state index in [2.05, 4.69) is 5.10 Å². The minimum Gasteiger partial charge on any atom is -0.480 e. The Balaban J connectivity index is 2.16. The zero-order valence-corrected chi connectivity index (χ0v) is 15.9. The zero-order valence-electron chi connectivity index (χ0n) is 15.9. The normalized spacial score (nSPS) is 20.8. The second-order valence-corrected chi connectivity index (χ2v) is 7.74. The van der Waals surface area contributed by atoms with E-state index in [1.807, 2.05) is 18.7 Å². The van der Waals surface area contributed by atoms with Crippen LogP contribution in [0.4, 0.5) is 4.39 Å². The minimum atomic E-state index is -0.903. The summed E-state index contributed by atoms with van der Waals surface area (Å²) in [7, 11) is 1.67. The number of alkyl halides is 1. The Labute approximate surface area is 154 Å². The Bertz CT molecular complexity index is 566. The van der Waals surface area contributed by atoms with Crippen molar-refractivity contribution in [3.63, 3.8) is 0 Å². The van der Waals surface area contributed by atoms with E-state index in [-0.39, 0.29) is 5.92 Å². The summed E-state index contributed by atoms with van der Waals surface area (Å²) < 4.78 is 13.0. The van der Waals surface area contributed by atoms with Crippen molar-refractivity contribution in [2.45, 2.75) is 51.7 Å². The first-order valence-electron chi connectivity index (χ1n) is 9.37. The molecule has 1 aliphatic heterocycles. The van der Waals surface area contributed by atoms with Crippen LogP contribution in [0.15, 0.2) is 16.8 Å². The summed E-state index contributed by atoms with van der Waals surface area (Å²) in [5, 5.41) is 15.6. The number of carboxylic acids is 1. The Morgan fingerprint density at radius 2 is 2.04 bits per heavy atom. The van der Waals surface area contributed by atoms with Crippen LogP contribution in [-0.2, 0) is 9.59 Å². The van der Waals surface area contributed by atoms with Gasteiger partial charge in [-0.2, -0.15) is 5.10 Å². The van der Waals surface area contributed by atoms with Crippen LogP contribution in [0.2, 0.25) is 0 Å². The summed E-state index contributed by atoms with van der Waals surface area (Å²) in [6, 6.07) is -0.707. The van der Waals surface area contributed by atoms with E-state index in [9.17, 15) is 19.1 Å². The molecule has 7 heteroatoms. The second-order valence-electron chi connectivity index (χ2n) is 7.74. The zero-order chi connectivity index (χ0) is 19.3. The smallest absolute Gasteiger partial charge is 0.328 e. The second kappa shape index (κ2) is 9.26. The van der Waals surface area contributed by atoms with E-state index in [4.69, 9.17) is 0 Å². The lowest BCUT2D eigenvalue weighted by molar-refractivity contribution is -0.143. The molecule has 1 saturated heterocycles. The molecule has 0 amide bonds. The number of carbonyl (C=O) groups is 2. The van der Waals surface area contributed by atoms with Gasteiger partial charge in [0.2, 0.25) is 0 Å². The van der Waals surface area contributed by atoms with Crippen molar-refractivity contribution in [3.05, 3.63) is 11.6 Å². The number of hydrogen-bond donors (Lipinski definition) is 1. The number of allylic oxidation sites excluding steroid dienone is 2. The molecule has 0 bridgehead atoms. The summed E-state index contributed by atoms with van der Waals surface area (Å²) in [5.41, 5.74) is 1.65. The third-order valence-electron chi connectivity index (χ3n) is 4.88. The number of likely N-dealkylation sites (tertiary alicyclic amines) is 1. The van der Waals surface area contributed by atoms with Crippen molar-refractivity contribution in [2.24, 2.45) is 16.9 Å². The van der Waals surface area contributed by atoms with E-state index >= 15 is 0 Å². The first-order valence-corrected chi connectivity index (χ1v) is 9.37. The molecule has 1 saturated carbocycles. The van der Waals surface area contributed by atoms with Crippen molar-refractivity contribution in [1.82, 2.24) is 9.91 Å². The maximum atomic E-state index is 13.0. The Hall–Kier alpha value is -1.76. The van der Waals surface area contributed by atoms with Crippen LogP contribution in [0.3, 0.4) is 0 Å². The van der Waals surface area contributed by atoms with E-state index in [1.54, 1.807) is 13.1 Å².